The van der Waals surface area contributed by atoms with Crippen LogP contribution in [0.1, 0.15) is 22.3 Å². The molecule has 1 fully saturated rings. The third-order valence-corrected chi connectivity index (χ3v) is 6.80. The molecule has 1 N–H and O–H groups in total. The van der Waals surface area contributed by atoms with E-state index in [9.17, 15) is 9.59 Å². The first-order chi connectivity index (χ1) is 17.1. The zero-order chi connectivity index (χ0) is 23.8. The van der Waals surface area contributed by atoms with Gasteiger partial charge in [0.25, 0.3) is 5.91 Å². The lowest BCUT2D eigenvalue weighted by molar-refractivity contribution is -0.130. The summed E-state index contributed by atoms with van der Waals surface area (Å²) < 4.78 is 0. The molecule has 1 saturated heterocycles. The third kappa shape index (κ3) is 4.19. The van der Waals surface area contributed by atoms with Gasteiger partial charge >= 0.3 is 0 Å². The highest BCUT2D eigenvalue weighted by atomic mass is 16.2. The maximum Gasteiger partial charge on any atom is 0.257 e. The molecule has 2 aliphatic rings. The van der Waals surface area contributed by atoms with Crippen LogP contribution in [-0.4, -0.2) is 61.6 Å². The lowest BCUT2D eigenvalue weighted by atomic mass is 10.0. The smallest absolute Gasteiger partial charge is 0.257 e. The van der Waals surface area contributed by atoms with Gasteiger partial charge < -0.3 is 9.80 Å². The third-order valence-electron chi connectivity index (χ3n) is 6.80. The molecule has 35 heavy (non-hydrogen) atoms. The molecular weight excluding hydrogens is 440 g/mol. The van der Waals surface area contributed by atoms with Crippen molar-refractivity contribution in [1.29, 1.82) is 0 Å². The fourth-order valence-electron chi connectivity index (χ4n) is 4.86. The zero-order valence-electron chi connectivity index (χ0n) is 19.1. The van der Waals surface area contributed by atoms with Crippen LogP contribution in [0.2, 0.25) is 0 Å². The van der Waals surface area contributed by atoms with Crippen molar-refractivity contribution in [3.63, 3.8) is 0 Å². The average molecular weight is 465 g/mol. The Morgan fingerprint density at radius 2 is 1.83 bits per heavy atom. The number of carbonyl (C=O) groups is 2. The van der Waals surface area contributed by atoms with Crippen molar-refractivity contribution in [2.75, 3.05) is 19.6 Å². The number of hydrogen-bond acceptors (Lipinski definition) is 5. The first-order valence-electron chi connectivity index (χ1n) is 11.7. The highest BCUT2D eigenvalue weighted by molar-refractivity contribution is 5.98. The van der Waals surface area contributed by atoms with Crippen molar-refractivity contribution in [2.24, 2.45) is 5.92 Å². The fourth-order valence-corrected chi connectivity index (χ4v) is 4.86. The molecule has 2 aromatic heterocycles. The van der Waals surface area contributed by atoms with Crippen LogP contribution in [0.15, 0.2) is 78.6 Å². The highest BCUT2D eigenvalue weighted by Crippen LogP contribution is 2.31. The topological polar surface area (TPSA) is 95.1 Å². The van der Waals surface area contributed by atoms with Crippen LogP contribution in [0.4, 0.5) is 0 Å². The molecule has 2 aliphatic heterocycles. The number of aromatic amines is 1. The number of aryl methyl sites for hydroxylation is 1. The fraction of sp³-hybridized carbons (Fsp3) is 0.222. The molecule has 174 valence electrons. The van der Waals surface area contributed by atoms with E-state index in [1.54, 1.807) is 29.3 Å². The number of rotatable bonds is 5. The number of carbonyl (C=O) groups excluding carboxylic acids is 2. The van der Waals surface area contributed by atoms with Crippen molar-refractivity contribution < 1.29 is 9.59 Å². The Bertz CT molecular complexity index is 1430. The molecule has 0 unspecified atom stereocenters. The molecule has 0 saturated carbocycles. The minimum atomic E-state index is -0.0520. The molecule has 1 atom stereocenters. The number of fused-ring (bicyclic) bond motifs is 2. The summed E-state index contributed by atoms with van der Waals surface area (Å²) >= 11 is 0. The molecule has 8 nitrogen and oxygen atoms in total. The monoisotopic (exact) mass is 464 g/mol. The predicted octanol–water partition coefficient (Wildman–Crippen LogP) is 3.45. The van der Waals surface area contributed by atoms with Gasteiger partial charge in [0.05, 0.1) is 5.69 Å². The van der Waals surface area contributed by atoms with Gasteiger partial charge in [0.2, 0.25) is 5.91 Å². The van der Waals surface area contributed by atoms with E-state index in [1.165, 1.54) is 0 Å². The van der Waals surface area contributed by atoms with E-state index in [0.29, 0.717) is 43.6 Å². The van der Waals surface area contributed by atoms with E-state index in [2.05, 4.69) is 44.7 Å². The first kappa shape index (κ1) is 21.2. The maximum absolute atomic E-state index is 13.0. The van der Waals surface area contributed by atoms with E-state index >= 15 is 0 Å². The number of benzene rings is 2. The van der Waals surface area contributed by atoms with E-state index < -0.39 is 0 Å². The molecular formula is C27H24N6O2. The lowest BCUT2D eigenvalue weighted by Gasteiger charge is -2.20. The summed E-state index contributed by atoms with van der Waals surface area (Å²) in [6.45, 7) is 1.85. The van der Waals surface area contributed by atoms with E-state index in [-0.39, 0.29) is 17.7 Å². The van der Waals surface area contributed by atoms with E-state index in [4.69, 9.17) is 0 Å². The number of aromatic nitrogens is 4. The Balaban J connectivity index is 1.04. The second-order valence-electron chi connectivity index (χ2n) is 9.07. The summed E-state index contributed by atoms with van der Waals surface area (Å²) in [6, 6.07) is 19.4. The molecule has 4 heterocycles. The Labute approximate surface area is 202 Å². The number of hydrogen-bond donors (Lipinski definition) is 1. The number of amides is 2. The quantitative estimate of drug-likeness (QED) is 0.488. The van der Waals surface area contributed by atoms with Crippen LogP contribution in [0.25, 0.3) is 22.3 Å². The average Bonchev–Trinajstić information content (AvgIpc) is 3.62. The van der Waals surface area contributed by atoms with Crippen molar-refractivity contribution in [3.8, 4) is 11.3 Å². The Morgan fingerprint density at radius 3 is 2.63 bits per heavy atom. The van der Waals surface area contributed by atoms with Gasteiger partial charge in [-0.05, 0) is 47.9 Å². The van der Waals surface area contributed by atoms with Crippen molar-refractivity contribution >= 4 is 22.8 Å². The summed E-state index contributed by atoms with van der Waals surface area (Å²) in [5, 5.41) is 10.7. The number of pyridine rings is 1. The number of H-pyrrole nitrogens is 1. The standard InChI is InChI=1S/C27H24N6O2/c34-26(11-6-18-4-7-19(8-5-18)23-3-1-2-12-28-23)32-14-21-16-33(17-22(21)15-32)27(35)20-9-10-24-25(13-20)30-31-29-24/h1-5,7-10,12-13,16,22H,6,11,14-15,17H2,(H,29,30,31)/t22-/m1/s1. The van der Waals surface area contributed by atoms with Crippen molar-refractivity contribution in [3.05, 3.63) is 89.8 Å². The Kier molecular flexibility index (Phi) is 5.33. The first-order valence-corrected chi connectivity index (χ1v) is 11.7. The number of nitrogens with one attached hydrogen (secondary N) is 1. The van der Waals surface area contributed by atoms with Crippen molar-refractivity contribution in [1.82, 2.24) is 30.2 Å². The molecule has 0 radical (unpaired) electrons. The second kappa shape index (κ2) is 8.79. The Hall–Kier alpha value is -4.33. The van der Waals surface area contributed by atoms with Crippen LogP contribution in [0.5, 0.6) is 0 Å². The molecule has 4 aromatic rings. The summed E-state index contributed by atoms with van der Waals surface area (Å²) in [5.41, 5.74) is 6.29. The van der Waals surface area contributed by atoms with Gasteiger partial charge in [-0.3, -0.25) is 14.6 Å². The van der Waals surface area contributed by atoms with Gasteiger partial charge in [-0.15, -0.1) is 0 Å². The normalized spacial score (nSPS) is 17.0. The van der Waals surface area contributed by atoms with Crippen LogP contribution >= 0.6 is 0 Å². The van der Waals surface area contributed by atoms with Crippen LogP contribution in [-0.2, 0) is 11.2 Å². The molecule has 2 aromatic carbocycles. The SMILES string of the molecule is O=C(c1ccc2n[nH]nc2c1)N1C=C2CN(C(=O)CCc3ccc(-c4ccccn4)cc3)C[C@@H]2C1. The highest BCUT2D eigenvalue weighted by Gasteiger charge is 2.37. The van der Waals surface area contributed by atoms with Crippen molar-refractivity contribution in [2.45, 2.75) is 12.8 Å². The molecule has 0 spiro atoms. The van der Waals surface area contributed by atoms with Crippen LogP contribution in [0, 0.1) is 5.92 Å². The summed E-state index contributed by atoms with van der Waals surface area (Å²) in [6.07, 6.45) is 4.89. The van der Waals surface area contributed by atoms with Gasteiger partial charge in [-0.1, -0.05) is 30.3 Å². The van der Waals surface area contributed by atoms with Gasteiger partial charge in [0, 0.05) is 55.5 Å². The van der Waals surface area contributed by atoms with Gasteiger partial charge in [-0.2, -0.15) is 15.4 Å². The van der Waals surface area contributed by atoms with E-state index in [0.717, 1.165) is 27.9 Å². The van der Waals surface area contributed by atoms with Crippen LogP contribution in [0.3, 0.4) is 0 Å². The molecule has 0 bridgehead atoms. The minimum Gasteiger partial charge on any atom is -0.338 e. The lowest BCUT2D eigenvalue weighted by Crippen LogP contribution is -2.33. The van der Waals surface area contributed by atoms with Gasteiger partial charge in [0.1, 0.15) is 11.0 Å². The number of nitrogens with zero attached hydrogens (tertiary/aromatic N) is 5. The molecule has 0 aliphatic carbocycles. The largest absolute Gasteiger partial charge is 0.338 e. The van der Waals surface area contributed by atoms with Gasteiger partial charge in [-0.25, -0.2) is 0 Å². The molecule has 2 amide bonds. The van der Waals surface area contributed by atoms with E-state index in [1.807, 2.05) is 29.3 Å². The summed E-state index contributed by atoms with van der Waals surface area (Å²) in [4.78, 5) is 33.9. The summed E-state index contributed by atoms with van der Waals surface area (Å²) in [7, 11) is 0. The maximum atomic E-state index is 13.0. The van der Waals surface area contributed by atoms with Gasteiger partial charge in [0.15, 0.2) is 0 Å². The number of likely N-dealkylation sites (tertiary alicyclic amines) is 1. The zero-order valence-corrected chi connectivity index (χ0v) is 19.1. The predicted molar refractivity (Wildman–Crippen MR) is 131 cm³/mol. The molecule has 8 heteroatoms. The van der Waals surface area contributed by atoms with Crippen LogP contribution < -0.4 is 0 Å². The minimum absolute atomic E-state index is 0.0520. The molecule has 6 rings (SSSR count). The Morgan fingerprint density at radius 1 is 0.971 bits per heavy atom. The summed E-state index contributed by atoms with van der Waals surface area (Å²) in [5.74, 6) is 0.309. The second-order valence-corrected chi connectivity index (χ2v) is 9.07.